The summed E-state index contributed by atoms with van der Waals surface area (Å²) in [6.07, 6.45) is 0. The predicted octanol–water partition coefficient (Wildman–Crippen LogP) is 3.93. The highest BCUT2D eigenvalue weighted by molar-refractivity contribution is 6.09. The summed E-state index contributed by atoms with van der Waals surface area (Å²) in [4.78, 5) is 39.9. The number of halogens is 1. The Labute approximate surface area is 183 Å². The topological polar surface area (TPSA) is 83.8 Å². The number of carbonyl (C=O) groups excluding carboxylic acids is 2. The van der Waals surface area contributed by atoms with Crippen LogP contribution in [0.15, 0.2) is 72.8 Å². The van der Waals surface area contributed by atoms with Gasteiger partial charge in [0.05, 0.1) is 10.5 Å². The molecule has 0 radical (unpaired) electrons. The maximum absolute atomic E-state index is 13.9. The number of benzene rings is 3. The van der Waals surface area contributed by atoms with Gasteiger partial charge in [-0.1, -0.05) is 42.5 Å². The molecule has 1 aliphatic rings. The van der Waals surface area contributed by atoms with Crippen LogP contribution < -0.4 is 4.90 Å². The van der Waals surface area contributed by atoms with Crippen LogP contribution in [-0.2, 0) is 0 Å². The van der Waals surface area contributed by atoms with Crippen molar-refractivity contribution in [1.29, 1.82) is 0 Å². The van der Waals surface area contributed by atoms with Crippen LogP contribution in [0.25, 0.3) is 0 Å². The van der Waals surface area contributed by atoms with E-state index >= 15 is 0 Å². The van der Waals surface area contributed by atoms with Crippen molar-refractivity contribution in [2.75, 3.05) is 31.1 Å². The van der Waals surface area contributed by atoms with Gasteiger partial charge in [0.2, 0.25) is 0 Å². The minimum atomic E-state index is -0.575. The summed E-state index contributed by atoms with van der Waals surface area (Å²) in [7, 11) is 0. The van der Waals surface area contributed by atoms with Gasteiger partial charge < -0.3 is 9.80 Å². The van der Waals surface area contributed by atoms with Gasteiger partial charge in [0.15, 0.2) is 5.78 Å². The Balaban J connectivity index is 1.52. The number of carbonyl (C=O) groups is 2. The minimum Gasteiger partial charge on any atom is -0.362 e. The number of rotatable bonds is 5. The second kappa shape index (κ2) is 8.97. The van der Waals surface area contributed by atoms with Crippen LogP contribution in [0.3, 0.4) is 0 Å². The molecule has 1 aliphatic heterocycles. The number of nitrogens with zero attached hydrogens (tertiary/aromatic N) is 3. The number of ketones is 1. The Morgan fingerprint density at radius 2 is 1.50 bits per heavy atom. The third-order valence-electron chi connectivity index (χ3n) is 5.48. The largest absolute Gasteiger partial charge is 0.362 e. The van der Waals surface area contributed by atoms with Gasteiger partial charge in [-0.25, -0.2) is 4.39 Å². The summed E-state index contributed by atoms with van der Waals surface area (Å²) >= 11 is 0. The van der Waals surface area contributed by atoms with Gasteiger partial charge in [-0.3, -0.25) is 19.7 Å². The van der Waals surface area contributed by atoms with Crippen LogP contribution in [0.5, 0.6) is 0 Å². The number of amides is 1. The molecule has 1 saturated heterocycles. The molecule has 4 rings (SSSR count). The Kier molecular flexibility index (Phi) is 5.93. The first kappa shape index (κ1) is 21.2. The van der Waals surface area contributed by atoms with Crippen LogP contribution in [0.4, 0.5) is 15.8 Å². The molecule has 1 heterocycles. The molecule has 7 nitrogen and oxygen atoms in total. The van der Waals surface area contributed by atoms with Gasteiger partial charge in [0.25, 0.3) is 11.6 Å². The first-order chi connectivity index (χ1) is 15.5. The van der Waals surface area contributed by atoms with Gasteiger partial charge >= 0.3 is 0 Å². The Morgan fingerprint density at radius 1 is 0.844 bits per heavy atom. The van der Waals surface area contributed by atoms with Gasteiger partial charge in [-0.05, 0) is 24.3 Å². The molecule has 0 unspecified atom stereocenters. The third-order valence-corrected chi connectivity index (χ3v) is 5.48. The fourth-order valence-corrected chi connectivity index (χ4v) is 3.79. The van der Waals surface area contributed by atoms with Gasteiger partial charge in [-0.15, -0.1) is 0 Å². The Morgan fingerprint density at radius 3 is 2.16 bits per heavy atom. The van der Waals surface area contributed by atoms with Crippen molar-refractivity contribution in [2.45, 2.75) is 0 Å². The van der Waals surface area contributed by atoms with E-state index in [0.29, 0.717) is 37.4 Å². The van der Waals surface area contributed by atoms with Crippen molar-refractivity contribution in [3.8, 4) is 0 Å². The number of nitro groups is 1. The number of hydrogen-bond acceptors (Lipinski definition) is 5. The van der Waals surface area contributed by atoms with Crippen molar-refractivity contribution in [2.24, 2.45) is 0 Å². The predicted molar refractivity (Wildman–Crippen MR) is 117 cm³/mol. The number of piperazine rings is 1. The van der Waals surface area contributed by atoms with E-state index in [-0.39, 0.29) is 22.6 Å². The summed E-state index contributed by atoms with van der Waals surface area (Å²) in [6.45, 7) is 1.31. The van der Waals surface area contributed by atoms with E-state index in [1.165, 1.54) is 29.2 Å². The van der Waals surface area contributed by atoms with E-state index in [9.17, 15) is 24.1 Å². The molecule has 32 heavy (non-hydrogen) atoms. The molecule has 0 N–H and O–H groups in total. The van der Waals surface area contributed by atoms with Crippen molar-refractivity contribution in [3.63, 3.8) is 0 Å². The lowest BCUT2D eigenvalue weighted by Gasteiger charge is -2.36. The molecule has 8 heteroatoms. The molecular formula is C24H20FN3O4. The molecule has 3 aromatic rings. The number of hydrogen-bond donors (Lipinski definition) is 0. The highest BCUT2D eigenvalue weighted by Gasteiger charge is 2.28. The number of nitro benzene ring substituents is 1. The molecule has 0 aliphatic carbocycles. The van der Waals surface area contributed by atoms with Gasteiger partial charge in [0.1, 0.15) is 11.5 Å². The Bertz CT molecular complexity index is 1170. The molecule has 0 spiro atoms. The summed E-state index contributed by atoms with van der Waals surface area (Å²) < 4.78 is 13.9. The first-order valence-corrected chi connectivity index (χ1v) is 10.1. The fourth-order valence-electron chi connectivity index (χ4n) is 3.79. The standard InChI is InChI=1S/C24H20FN3O4/c25-20-9-5-4-8-19(20)24(30)27-14-12-26(13-15-27)21-11-10-18(16-22(21)28(31)32)23(29)17-6-2-1-3-7-17/h1-11,16H,12-15H2. The van der Waals surface area contributed by atoms with E-state index in [2.05, 4.69) is 0 Å². The first-order valence-electron chi connectivity index (χ1n) is 10.1. The van der Waals surface area contributed by atoms with E-state index < -0.39 is 16.6 Å². The lowest BCUT2D eigenvalue weighted by molar-refractivity contribution is -0.384. The van der Waals surface area contributed by atoms with Gasteiger partial charge in [0, 0.05) is 43.4 Å². The molecule has 0 saturated carbocycles. The molecule has 1 amide bonds. The molecule has 0 atom stereocenters. The van der Waals surface area contributed by atoms with Crippen molar-refractivity contribution in [1.82, 2.24) is 4.90 Å². The lowest BCUT2D eigenvalue weighted by atomic mass is 10.0. The van der Waals surface area contributed by atoms with E-state index in [1.807, 2.05) is 0 Å². The SMILES string of the molecule is O=C(c1ccccc1)c1ccc(N2CCN(C(=O)c3ccccc3F)CC2)c([N+](=O)[O-])c1. The smallest absolute Gasteiger partial charge is 0.293 e. The second-order valence-electron chi connectivity index (χ2n) is 7.41. The molecule has 0 aromatic heterocycles. The maximum atomic E-state index is 13.9. The maximum Gasteiger partial charge on any atom is 0.293 e. The quantitative estimate of drug-likeness (QED) is 0.346. The second-order valence-corrected chi connectivity index (χ2v) is 7.41. The summed E-state index contributed by atoms with van der Waals surface area (Å²) in [5.41, 5.74) is 0.920. The van der Waals surface area contributed by atoms with Crippen molar-refractivity contribution in [3.05, 3.63) is 105 Å². The zero-order valence-electron chi connectivity index (χ0n) is 17.1. The average molecular weight is 433 g/mol. The van der Waals surface area contributed by atoms with Crippen LogP contribution >= 0.6 is 0 Å². The zero-order chi connectivity index (χ0) is 22.7. The lowest BCUT2D eigenvalue weighted by Crippen LogP contribution is -2.49. The monoisotopic (exact) mass is 433 g/mol. The van der Waals surface area contributed by atoms with E-state index in [4.69, 9.17) is 0 Å². The molecule has 0 bridgehead atoms. The molecule has 3 aromatic carbocycles. The van der Waals surface area contributed by atoms with Crippen LogP contribution in [-0.4, -0.2) is 47.7 Å². The highest BCUT2D eigenvalue weighted by Crippen LogP contribution is 2.31. The van der Waals surface area contributed by atoms with Crippen molar-refractivity contribution >= 4 is 23.1 Å². The zero-order valence-corrected chi connectivity index (χ0v) is 17.1. The summed E-state index contributed by atoms with van der Waals surface area (Å²) in [5, 5.41) is 11.7. The van der Waals surface area contributed by atoms with Gasteiger partial charge in [-0.2, -0.15) is 0 Å². The van der Waals surface area contributed by atoms with E-state index in [1.54, 1.807) is 53.4 Å². The highest BCUT2D eigenvalue weighted by atomic mass is 19.1. The Hall–Kier alpha value is -4.07. The average Bonchev–Trinajstić information content (AvgIpc) is 2.83. The summed E-state index contributed by atoms with van der Waals surface area (Å²) in [5.74, 6) is -1.27. The third kappa shape index (κ3) is 4.20. The fraction of sp³-hybridized carbons (Fsp3) is 0.167. The normalized spacial score (nSPS) is 13.7. The van der Waals surface area contributed by atoms with Crippen LogP contribution in [0, 0.1) is 15.9 Å². The summed E-state index contributed by atoms with van der Waals surface area (Å²) in [6, 6.07) is 18.8. The van der Waals surface area contributed by atoms with Crippen molar-refractivity contribution < 1.29 is 18.9 Å². The van der Waals surface area contributed by atoms with Crippen LogP contribution in [0.1, 0.15) is 26.3 Å². The van der Waals surface area contributed by atoms with E-state index in [0.717, 1.165) is 0 Å². The minimum absolute atomic E-state index is 0.00991. The molecule has 1 fully saturated rings. The molecule has 162 valence electrons. The molecular weight excluding hydrogens is 413 g/mol. The number of anilines is 1. The van der Waals surface area contributed by atoms with Crippen LogP contribution in [0.2, 0.25) is 0 Å².